The summed E-state index contributed by atoms with van der Waals surface area (Å²) in [6.45, 7) is 9.69. The van der Waals surface area contributed by atoms with Gasteiger partial charge in [0.2, 0.25) is 0 Å². The number of thiazole rings is 1. The van der Waals surface area contributed by atoms with Gasteiger partial charge in [0, 0.05) is 60.6 Å². The molecule has 6 heteroatoms. The Morgan fingerprint density at radius 1 is 1.19 bits per heavy atom. The van der Waals surface area contributed by atoms with E-state index >= 15 is 0 Å². The predicted octanol–water partition coefficient (Wildman–Crippen LogP) is 2.64. The number of piperazine rings is 1. The highest BCUT2D eigenvalue weighted by Gasteiger charge is 2.19. The van der Waals surface area contributed by atoms with Crippen LogP contribution in [0.4, 0.5) is 5.13 Å². The van der Waals surface area contributed by atoms with Gasteiger partial charge >= 0.3 is 0 Å². The van der Waals surface area contributed by atoms with E-state index < -0.39 is 0 Å². The van der Waals surface area contributed by atoms with Crippen LogP contribution in [0, 0.1) is 0 Å². The van der Waals surface area contributed by atoms with Crippen molar-refractivity contribution in [3.63, 3.8) is 0 Å². The van der Waals surface area contributed by atoms with Gasteiger partial charge in [-0.1, -0.05) is 6.92 Å². The maximum absolute atomic E-state index is 4.40. The van der Waals surface area contributed by atoms with E-state index in [1.165, 1.54) is 14.9 Å². The summed E-state index contributed by atoms with van der Waals surface area (Å²) in [5.74, 6) is 0. The lowest BCUT2D eigenvalue weighted by Crippen LogP contribution is -2.45. The van der Waals surface area contributed by atoms with Crippen molar-refractivity contribution in [1.82, 2.24) is 15.2 Å². The molecule has 3 heterocycles. The summed E-state index contributed by atoms with van der Waals surface area (Å²) in [6.07, 6.45) is 1.89. The molecule has 0 saturated carbocycles. The topological polar surface area (TPSA) is 31.4 Å². The van der Waals surface area contributed by atoms with Crippen molar-refractivity contribution in [2.45, 2.75) is 20.0 Å². The Bertz CT molecular complexity index is 530. The Morgan fingerprint density at radius 2 is 2.00 bits per heavy atom. The largest absolute Gasteiger partial charge is 0.346 e. The summed E-state index contributed by atoms with van der Waals surface area (Å²) in [5, 5.41) is 6.61. The van der Waals surface area contributed by atoms with Gasteiger partial charge in [-0.25, -0.2) is 4.98 Å². The Morgan fingerprint density at radius 3 is 2.71 bits per heavy atom. The molecule has 1 aliphatic heterocycles. The molecule has 0 radical (unpaired) electrons. The molecule has 0 atom stereocenters. The number of rotatable bonds is 6. The maximum Gasteiger partial charge on any atom is 0.185 e. The van der Waals surface area contributed by atoms with Gasteiger partial charge in [0.25, 0.3) is 0 Å². The van der Waals surface area contributed by atoms with Crippen LogP contribution in [0.2, 0.25) is 0 Å². The van der Waals surface area contributed by atoms with E-state index in [0.717, 1.165) is 45.8 Å². The van der Waals surface area contributed by atoms with Gasteiger partial charge in [-0.2, -0.15) is 0 Å². The average Bonchev–Trinajstić information content (AvgIpc) is 3.17. The standard InChI is InChI=1S/C15H22N4S2/c1-2-16-11-13-3-4-14(21-13)12-18-6-8-19(9-7-18)15-17-5-10-20-15/h3-5,10,16H,2,6-9,11-12H2,1H3. The first-order chi connectivity index (χ1) is 10.3. The third-order valence-electron chi connectivity index (χ3n) is 3.71. The lowest BCUT2D eigenvalue weighted by molar-refractivity contribution is 0.252. The lowest BCUT2D eigenvalue weighted by atomic mass is 10.3. The van der Waals surface area contributed by atoms with Crippen molar-refractivity contribution in [1.29, 1.82) is 0 Å². The van der Waals surface area contributed by atoms with E-state index in [0.29, 0.717) is 0 Å². The molecule has 4 nitrogen and oxygen atoms in total. The quantitative estimate of drug-likeness (QED) is 0.886. The molecule has 0 bridgehead atoms. The fourth-order valence-electron chi connectivity index (χ4n) is 2.54. The zero-order valence-electron chi connectivity index (χ0n) is 12.4. The monoisotopic (exact) mass is 322 g/mol. The van der Waals surface area contributed by atoms with Gasteiger partial charge in [0.1, 0.15) is 0 Å². The summed E-state index contributed by atoms with van der Waals surface area (Å²) in [7, 11) is 0. The van der Waals surface area contributed by atoms with Crippen LogP contribution in [-0.4, -0.2) is 42.6 Å². The summed E-state index contributed by atoms with van der Waals surface area (Å²) in [6, 6.07) is 4.54. The molecule has 0 spiro atoms. The van der Waals surface area contributed by atoms with Crippen molar-refractivity contribution in [2.75, 3.05) is 37.6 Å². The van der Waals surface area contributed by atoms with Gasteiger partial charge in [0.05, 0.1) is 0 Å². The molecule has 2 aromatic heterocycles. The van der Waals surface area contributed by atoms with Gasteiger partial charge in [-0.3, -0.25) is 4.90 Å². The number of hydrogen-bond donors (Lipinski definition) is 1. The first kappa shape index (κ1) is 15.0. The van der Waals surface area contributed by atoms with Gasteiger partial charge in [-0.15, -0.1) is 22.7 Å². The molecule has 1 saturated heterocycles. The molecule has 3 rings (SSSR count). The minimum atomic E-state index is 0.999. The van der Waals surface area contributed by atoms with Crippen LogP contribution in [0.5, 0.6) is 0 Å². The van der Waals surface area contributed by atoms with Crippen LogP contribution in [0.25, 0.3) is 0 Å². The minimum Gasteiger partial charge on any atom is -0.346 e. The Balaban J connectivity index is 1.47. The van der Waals surface area contributed by atoms with Crippen molar-refractivity contribution in [2.24, 2.45) is 0 Å². The third kappa shape index (κ3) is 4.03. The molecule has 114 valence electrons. The van der Waals surface area contributed by atoms with Crippen LogP contribution in [-0.2, 0) is 13.1 Å². The van der Waals surface area contributed by atoms with Crippen molar-refractivity contribution in [3.8, 4) is 0 Å². The normalized spacial score (nSPS) is 16.5. The van der Waals surface area contributed by atoms with E-state index in [-0.39, 0.29) is 0 Å². The van der Waals surface area contributed by atoms with Crippen LogP contribution >= 0.6 is 22.7 Å². The number of hydrogen-bond acceptors (Lipinski definition) is 6. The van der Waals surface area contributed by atoms with Crippen LogP contribution in [0.15, 0.2) is 23.7 Å². The highest BCUT2D eigenvalue weighted by atomic mass is 32.1. The van der Waals surface area contributed by atoms with Crippen LogP contribution in [0.1, 0.15) is 16.7 Å². The highest BCUT2D eigenvalue weighted by Crippen LogP contribution is 2.22. The molecular formula is C15H22N4S2. The van der Waals surface area contributed by atoms with E-state index in [4.69, 9.17) is 0 Å². The SMILES string of the molecule is CCNCc1ccc(CN2CCN(c3nccs3)CC2)s1. The maximum atomic E-state index is 4.40. The van der Waals surface area contributed by atoms with Crippen LogP contribution in [0.3, 0.4) is 0 Å². The molecule has 2 aromatic rings. The number of aromatic nitrogens is 1. The number of nitrogens with zero attached hydrogens (tertiary/aromatic N) is 3. The molecule has 21 heavy (non-hydrogen) atoms. The average molecular weight is 323 g/mol. The van der Waals surface area contributed by atoms with Crippen molar-refractivity contribution >= 4 is 27.8 Å². The van der Waals surface area contributed by atoms with Crippen molar-refractivity contribution < 1.29 is 0 Å². The first-order valence-corrected chi connectivity index (χ1v) is 9.20. The molecule has 0 amide bonds. The van der Waals surface area contributed by atoms with Crippen molar-refractivity contribution in [3.05, 3.63) is 33.5 Å². The molecule has 0 aliphatic carbocycles. The van der Waals surface area contributed by atoms with E-state index in [2.05, 4.69) is 44.5 Å². The van der Waals surface area contributed by atoms with E-state index in [1.807, 2.05) is 17.5 Å². The Hall–Kier alpha value is -0.950. The second-order valence-electron chi connectivity index (χ2n) is 5.23. The fourth-order valence-corrected chi connectivity index (χ4v) is 4.27. The molecule has 1 fully saturated rings. The number of anilines is 1. The molecular weight excluding hydrogens is 300 g/mol. The molecule has 1 N–H and O–H groups in total. The Kier molecular flexibility index (Phi) is 5.24. The highest BCUT2D eigenvalue weighted by molar-refractivity contribution is 7.13. The zero-order valence-corrected chi connectivity index (χ0v) is 14.1. The second-order valence-corrected chi connectivity index (χ2v) is 7.35. The van der Waals surface area contributed by atoms with Gasteiger partial charge in [0.15, 0.2) is 5.13 Å². The molecule has 0 unspecified atom stereocenters. The minimum absolute atomic E-state index is 0.999. The molecule has 1 aliphatic rings. The first-order valence-electron chi connectivity index (χ1n) is 7.50. The summed E-state index contributed by atoms with van der Waals surface area (Å²) < 4.78 is 0. The van der Waals surface area contributed by atoms with Gasteiger partial charge < -0.3 is 10.2 Å². The smallest absolute Gasteiger partial charge is 0.185 e. The van der Waals surface area contributed by atoms with Gasteiger partial charge in [-0.05, 0) is 18.7 Å². The lowest BCUT2D eigenvalue weighted by Gasteiger charge is -2.34. The molecule has 0 aromatic carbocycles. The summed E-state index contributed by atoms with van der Waals surface area (Å²) in [5.41, 5.74) is 0. The third-order valence-corrected chi connectivity index (χ3v) is 5.61. The van der Waals surface area contributed by atoms with E-state index in [9.17, 15) is 0 Å². The predicted molar refractivity (Wildman–Crippen MR) is 91.3 cm³/mol. The number of nitrogens with one attached hydrogen (secondary N) is 1. The second kappa shape index (κ2) is 7.35. The Labute approximate surface area is 134 Å². The zero-order chi connectivity index (χ0) is 14.5. The summed E-state index contributed by atoms with van der Waals surface area (Å²) >= 11 is 3.67. The summed E-state index contributed by atoms with van der Waals surface area (Å²) in [4.78, 5) is 12.3. The fraction of sp³-hybridized carbons (Fsp3) is 0.533. The number of thiophene rings is 1. The van der Waals surface area contributed by atoms with E-state index in [1.54, 1.807) is 11.3 Å². The van der Waals surface area contributed by atoms with Crippen LogP contribution < -0.4 is 10.2 Å².